The van der Waals surface area contributed by atoms with E-state index in [-0.39, 0.29) is 5.78 Å². The number of hydrogen-bond acceptors (Lipinski definition) is 5. The second-order valence-electron chi connectivity index (χ2n) is 4.23. The Bertz CT molecular complexity index is 542. The molecule has 0 atom stereocenters. The topological polar surface area (TPSA) is 57.0 Å². The van der Waals surface area contributed by atoms with Crippen LogP contribution < -0.4 is 0 Å². The summed E-state index contributed by atoms with van der Waals surface area (Å²) in [4.78, 5) is 12.0. The van der Waals surface area contributed by atoms with Crippen LogP contribution in [-0.4, -0.2) is 40.0 Å². The largest absolute Gasteiger partial charge is 0.385 e. The first-order chi connectivity index (χ1) is 9.81. The lowest BCUT2D eigenvalue weighted by atomic mass is 10.2. The molecule has 0 amide bonds. The lowest BCUT2D eigenvalue weighted by Crippen LogP contribution is -2.05. The van der Waals surface area contributed by atoms with Crippen LogP contribution in [0.4, 0.5) is 0 Å². The highest BCUT2D eigenvalue weighted by Gasteiger charge is 2.10. The van der Waals surface area contributed by atoms with Gasteiger partial charge in [0.2, 0.25) is 0 Å². The van der Waals surface area contributed by atoms with Gasteiger partial charge in [0.05, 0.1) is 5.75 Å². The molecule has 0 unspecified atom stereocenters. The van der Waals surface area contributed by atoms with Gasteiger partial charge in [0.1, 0.15) is 6.33 Å². The van der Waals surface area contributed by atoms with E-state index in [1.807, 2.05) is 34.9 Å². The van der Waals surface area contributed by atoms with Crippen LogP contribution in [0.15, 0.2) is 41.8 Å². The standard InChI is InChI=1S/C14H17N3O2S/c1-19-9-5-8-17-11-15-16-14(17)20-10-13(18)12-6-3-2-4-7-12/h2-4,6-7,11H,5,8-10H2,1H3. The zero-order valence-electron chi connectivity index (χ0n) is 11.4. The van der Waals surface area contributed by atoms with Crippen LogP contribution >= 0.6 is 11.8 Å². The maximum atomic E-state index is 12.0. The number of rotatable bonds is 8. The van der Waals surface area contributed by atoms with Crippen LogP contribution in [0.1, 0.15) is 16.8 Å². The van der Waals surface area contributed by atoms with E-state index in [1.54, 1.807) is 13.4 Å². The molecule has 1 aromatic heterocycles. The Morgan fingerprint density at radius 3 is 2.90 bits per heavy atom. The van der Waals surface area contributed by atoms with E-state index in [2.05, 4.69) is 10.2 Å². The first-order valence-electron chi connectivity index (χ1n) is 6.39. The van der Waals surface area contributed by atoms with Crippen LogP contribution in [0, 0.1) is 0 Å². The van der Waals surface area contributed by atoms with E-state index < -0.39 is 0 Å². The van der Waals surface area contributed by atoms with Gasteiger partial charge in [-0.2, -0.15) is 0 Å². The molecule has 1 aromatic carbocycles. The Morgan fingerprint density at radius 1 is 1.35 bits per heavy atom. The normalized spacial score (nSPS) is 10.7. The van der Waals surface area contributed by atoms with Crippen molar-refractivity contribution >= 4 is 17.5 Å². The van der Waals surface area contributed by atoms with Crippen molar-refractivity contribution in [2.45, 2.75) is 18.1 Å². The van der Waals surface area contributed by atoms with Gasteiger partial charge in [-0.05, 0) is 6.42 Å². The quantitative estimate of drug-likeness (QED) is 0.424. The molecule has 5 nitrogen and oxygen atoms in total. The minimum absolute atomic E-state index is 0.0991. The number of methoxy groups -OCH3 is 1. The number of nitrogens with zero attached hydrogens (tertiary/aromatic N) is 3. The first kappa shape index (κ1) is 14.7. The Morgan fingerprint density at radius 2 is 2.15 bits per heavy atom. The van der Waals surface area contributed by atoms with Crippen molar-refractivity contribution in [3.05, 3.63) is 42.2 Å². The summed E-state index contributed by atoms with van der Waals surface area (Å²) in [5, 5.41) is 8.70. The van der Waals surface area contributed by atoms with Gasteiger partial charge >= 0.3 is 0 Å². The number of aromatic nitrogens is 3. The molecule has 0 radical (unpaired) electrons. The lowest BCUT2D eigenvalue weighted by Gasteiger charge is -2.05. The molecule has 0 N–H and O–H groups in total. The van der Waals surface area contributed by atoms with Gasteiger partial charge < -0.3 is 9.30 Å². The van der Waals surface area contributed by atoms with Gasteiger partial charge in [-0.1, -0.05) is 42.1 Å². The molecule has 106 valence electrons. The van der Waals surface area contributed by atoms with Crippen LogP contribution in [0.25, 0.3) is 0 Å². The molecule has 2 aromatic rings. The highest BCUT2D eigenvalue weighted by Crippen LogP contribution is 2.17. The Hall–Kier alpha value is -1.66. The number of benzene rings is 1. The zero-order valence-corrected chi connectivity index (χ0v) is 12.2. The van der Waals surface area contributed by atoms with E-state index in [0.29, 0.717) is 12.4 Å². The SMILES string of the molecule is COCCCn1cnnc1SCC(=O)c1ccccc1. The van der Waals surface area contributed by atoms with Crippen molar-refractivity contribution in [1.29, 1.82) is 0 Å². The second kappa shape index (κ2) is 7.81. The summed E-state index contributed by atoms with van der Waals surface area (Å²) >= 11 is 1.41. The second-order valence-corrected chi connectivity index (χ2v) is 5.17. The summed E-state index contributed by atoms with van der Waals surface area (Å²) in [6.07, 6.45) is 2.58. The van der Waals surface area contributed by atoms with Gasteiger partial charge in [0, 0.05) is 25.8 Å². The van der Waals surface area contributed by atoms with E-state index >= 15 is 0 Å². The number of carbonyl (C=O) groups excluding carboxylic acids is 1. The summed E-state index contributed by atoms with van der Waals surface area (Å²) < 4.78 is 6.97. The first-order valence-corrected chi connectivity index (χ1v) is 7.37. The van der Waals surface area contributed by atoms with Crippen LogP contribution in [0.5, 0.6) is 0 Å². The average molecular weight is 291 g/mol. The maximum Gasteiger partial charge on any atom is 0.191 e. The molecule has 1 heterocycles. The number of aryl methyl sites for hydroxylation is 1. The number of thioether (sulfide) groups is 1. The molecule has 0 aliphatic heterocycles. The fraction of sp³-hybridized carbons (Fsp3) is 0.357. The third-order valence-electron chi connectivity index (χ3n) is 2.76. The minimum atomic E-state index is 0.0991. The molecule has 0 spiro atoms. The van der Waals surface area contributed by atoms with Crippen molar-refractivity contribution in [2.24, 2.45) is 0 Å². The Balaban J connectivity index is 1.88. The molecule has 0 bridgehead atoms. The monoisotopic (exact) mass is 291 g/mol. The smallest absolute Gasteiger partial charge is 0.191 e. The van der Waals surface area contributed by atoms with Crippen LogP contribution in [0.2, 0.25) is 0 Å². The van der Waals surface area contributed by atoms with Crippen molar-refractivity contribution in [3.63, 3.8) is 0 Å². The fourth-order valence-corrected chi connectivity index (χ4v) is 2.56. The third kappa shape index (κ3) is 4.18. The number of carbonyl (C=O) groups is 1. The van der Waals surface area contributed by atoms with Gasteiger partial charge in [0.25, 0.3) is 0 Å². The molecule has 0 aliphatic carbocycles. The summed E-state index contributed by atoms with van der Waals surface area (Å²) in [6.45, 7) is 1.49. The zero-order chi connectivity index (χ0) is 14.2. The van der Waals surface area contributed by atoms with E-state index in [1.165, 1.54) is 11.8 Å². The van der Waals surface area contributed by atoms with Gasteiger partial charge in [-0.15, -0.1) is 10.2 Å². The molecular weight excluding hydrogens is 274 g/mol. The molecule has 0 saturated carbocycles. The molecule has 6 heteroatoms. The van der Waals surface area contributed by atoms with Gasteiger partial charge in [0.15, 0.2) is 10.9 Å². The third-order valence-corrected chi connectivity index (χ3v) is 3.74. The van der Waals surface area contributed by atoms with Crippen molar-refractivity contribution in [3.8, 4) is 0 Å². The summed E-state index contributed by atoms with van der Waals surface area (Å²) in [5.41, 5.74) is 0.727. The fourth-order valence-electron chi connectivity index (χ4n) is 1.73. The predicted molar refractivity (Wildman–Crippen MR) is 78.0 cm³/mol. The van der Waals surface area contributed by atoms with Gasteiger partial charge in [-0.25, -0.2) is 0 Å². The number of ether oxygens (including phenoxy) is 1. The summed E-state index contributed by atoms with van der Waals surface area (Å²) in [5.74, 6) is 0.467. The lowest BCUT2D eigenvalue weighted by molar-refractivity contribution is 0.102. The van der Waals surface area contributed by atoms with Crippen molar-refractivity contribution in [2.75, 3.05) is 19.5 Å². The molecule has 0 aliphatic rings. The average Bonchev–Trinajstić information content (AvgIpc) is 2.93. The number of Topliss-reactive ketones (excluding diaryl/α,β-unsaturated/α-hetero) is 1. The Kier molecular flexibility index (Phi) is 5.76. The van der Waals surface area contributed by atoms with E-state index in [9.17, 15) is 4.79 Å². The Labute approximate surface area is 122 Å². The molecule has 20 heavy (non-hydrogen) atoms. The van der Waals surface area contributed by atoms with E-state index in [4.69, 9.17) is 4.74 Å². The molecule has 0 fully saturated rings. The number of ketones is 1. The molecule has 0 saturated heterocycles. The van der Waals surface area contributed by atoms with Crippen molar-refractivity contribution in [1.82, 2.24) is 14.8 Å². The summed E-state index contributed by atoms with van der Waals surface area (Å²) in [7, 11) is 1.68. The van der Waals surface area contributed by atoms with Crippen molar-refractivity contribution < 1.29 is 9.53 Å². The minimum Gasteiger partial charge on any atom is -0.385 e. The predicted octanol–water partition coefficient (Wildman–Crippen LogP) is 2.29. The highest BCUT2D eigenvalue weighted by molar-refractivity contribution is 7.99. The highest BCUT2D eigenvalue weighted by atomic mass is 32.2. The number of hydrogen-bond donors (Lipinski definition) is 0. The van der Waals surface area contributed by atoms with Crippen LogP contribution in [-0.2, 0) is 11.3 Å². The summed E-state index contributed by atoms with van der Waals surface area (Å²) in [6, 6.07) is 9.28. The molecule has 2 rings (SSSR count). The van der Waals surface area contributed by atoms with Gasteiger partial charge in [-0.3, -0.25) is 4.79 Å². The maximum absolute atomic E-state index is 12.0. The van der Waals surface area contributed by atoms with E-state index in [0.717, 1.165) is 23.7 Å². The molecular formula is C14H17N3O2S. The van der Waals surface area contributed by atoms with Crippen LogP contribution in [0.3, 0.4) is 0 Å².